The average molecular weight is 446 g/mol. The number of hydrogen-bond acceptors (Lipinski definition) is 6. The minimum Gasteiger partial charge on any atom is -0.507 e. The molecule has 3 aromatic rings. The highest BCUT2D eigenvalue weighted by Gasteiger charge is 2.07. The van der Waals surface area contributed by atoms with Gasteiger partial charge in [-0.2, -0.15) is 0 Å². The molecule has 3 rings (SSSR count). The first-order valence-electron chi connectivity index (χ1n) is 10.2. The molecule has 6 heteroatoms. The summed E-state index contributed by atoms with van der Waals surface area (Å²) in [5.41, 5.74) is 15.4. The van der Waals surface area contributed by atoms with E-state index in [1.165, 1.54) is 19.3 Å². The topological polar surface area (TPSA) is 118 Å². The van der Waals surface area contributed by atoms with Crippen LogP contribution in [0.4, 0.5) is 5.69 Å². The summed E-state index contributed by atoms with van der Waals surface area (Å²) in [5, 5.41) is 12.3. The van der Waals surface area contributed by atoms with Crippen LogP contribution < -0.4 is 16.8 Å². The van der Waals surface area contributed by atoms with E-state index in [9.17, 15) is 14.7 Å². The van der Waals surface area contributed by atoms with Gasteiger partial charge in [-0.15, -0.1) is 0 Å². The van der Waals surface area contributed by atoms with E-state index in [4.69, 9.17) is 5.73 Å². The Hall–Kier alpha value is -4.16. The van der Waals surface area contributed by atoms with Crippen LogP contribution in [0.1, 0.15) is 33.2 Å². The molecular formula is C27H31N3O3. The van der Waals surface area contributed by atoms with Crippen LogP contribution in [-0.4, -0.2) is 31.3 Å². The van der Waals surface area contributed by atoms with Gasteiger partial charge < -0.3 is 21.9 Å². The average Bonchev–Trinajstić information content (AvgIpc) is 2.87. The lowest BCUT2D eigenvalue weighted by Crippen LogP contribution is -2.00. The molecule has 3 aromatic carbocycles. The molecule has 0 bridgehead atoms. The second kappa shape index (κ2) is 14.0. The third-order valence-corrected chi connectivity index (χ3v) is 4.66. The standard InChI is InChI=1S/C15H15NO.C11H11NO2.CH5N/c1-11(17)14-9-8-13(10-15(14)16-2)12-6-4-3-5-7-12;1-2-8(6-12)9-3-4-11(14)10(5-9)7-13;1-2/h3-10,16H,1-2H3;2-7,14H,1,12H2;2H2,1H3/b;8-6+;. The summed E-state index contributed by atoms with van der Waals surface area (Å²) >= 11 is 0. The molecule has 0 radical (unpaired) electrons. The minimum absolute atomic E-state index is 0.0378. The van der Waals surface area contributed by atoms with E-state index in [1.807, 2.05) is 43.4 Å². The lowest BCUT2D eigenvalue weighted by atomic mass is 10.0. The number of rotatable bonds is 6. The summed E-state index contributed by atoms with van der Waals surface area (Å²) in [6.45, 7) is 5.17. The number of carbonyl (C=O) groups is 2. The van der Waals surface area contributed by atoms with Gasteiger partial charge in [-0.25, -0.2) is 0 Å². The molecule has 0 aliphatic heterocycles. The molecule has 6 nitrogen and oxygen atoms in total. The maximum atomic E-state index is 11.4. The van der Waals surface area contributed by atoms with Gasteiger partial charge in [-0.05, 0) is 60.5 Å². The van der Waals surface area contributed by atoms with Gasteiger partial charge in [0.05, 0.1) is 5.56 Å². The maximum Gasteiger partial charge on any atom is 0.161 e. The lowest BCUT2D eigenvalue weighted by Gasteiger charge is -2.09. The normalized spacial score (nSPS) is 10.0. The number of anilines is 1. The molecule has 0 spiro atoms. The predicted octanol–water partition coefficient (Wildman–Crippen LogP) is 4.86. The molecule has 0 aromatic heterocycles. The Morgan fingerprint density at radius 2 is 1.67 bits per heavy atom. The third-order valence-electron chi connectivity index (χ3n) is 4.66. The van der Waals surface area contributed by atoms with Gasteiger partial charge in [0.1, 0.15) is 5.75 Å². The number of ketones is 1. The second-order valence-corrected chi connectivity index (χ2v) is 6.65. The van der Waals surface area contributed by atoms with Crippen LogP contribution in [0.15, 0.2) is 85.6 Å². The van der Waals surface area contributed by atoms with Crippen LogP contribution in [0.5, 0.6) is 5.75 Å². The number of carbonyl (C=O) groups excluding carboxylic acids is 2. The fourth-order valence-electron chi connectivity index (χ4n) is 2.98. The molecule has 0 aliphatic rings. The molecule has 0 amide bonds. The van der Waals surface area contributed by atoms with Crippen LogP contribution >= 0.6 is 0 Å². The van der Waals surface area contributed by atoms with Crippen molar-refractivity contribution in [2.45, 2.75) is 6.92 Å². The van der Waals surface area contributed by atoms with Crippen LogP contribution in [0, 0.1) is 0 Å². The van der Waals surface area contributed by atoms with Gasteiger partial charge in [0.25, 0.3) is 0 Å². The highest BCUT2D eigenvalue weighted by Crippen LogP contribution is 2.25. The number of hydrogen-bond donors (Lipinski definition) is 4. The van der Waals surface area contributed by atoms with Crippen LogP contribution in [0.3, 0.4) is 0 Å². The van der Waals surface area contributed by atoms with Crippen molar-refractivity contribution in [3.63, 3.8) is 0 Å². The lowest BCUT2D eigenvalue weighted by molar-refractivity contribution is 0.101. The second-order valence-electron chi connectivity index (χ2n) is 6.65. The van der Waals surface area contributed by atoms with E-state index in [0.717, 1.165) is 27.9 Å². The number of aldehydes is 1. The highest BCUT2D eigenvalue weighted by atomic mass is 16.3. The number of nitrogens with one attached hydrogen (secondary N) is 1. The Morgan fingerprint density at radius 1 is 1.00 bits per heavy atom. The summed E-state index contributed by atoms with van der Waals surface area (Å²) in [5.74, 6) is 0.0399. The molecule has 172 valence electrons. The zero-order valence-corrected chi connectivity index (χ0v) is 19.2. The van der Waals surface area contributed by atoms with Crippen molar-refractivity contribution >= 4 is 23.3 Å². The van der Waals surface area contributed by atoms with Gasteiger partial charge in [0.15, 0.2) is 12.1 Å². The molecular weight excluding hydrogens is 414 g/mol. The van der Waals surface area contributed by atoms with E-state index < -0.39 is 0 Å². The van der Waals surface area contributed by atoms with Crippen molar-refractivity contribution in [2.24, 2.45) is 11.5 Å². The molecule has 0 unspecified atom stereocenters. The monoisotopic (exact) mass is 445 g/mol. The summed E-state index contributed by atoms with van der Waals surface area (Å²) in [6.07, 6.45) is 3.57. The van der Waals surface area contributed by atoms with Gasteiger partial charge in [-0.1, -0.05) is 55.1 Å². The van der Waals surface area contributed by atoms with E-state index in [1.54, 1.807) is 25.1 Å². The number of phenolic OH excluding ortho intramolecular Hbond substituents is 1. The molecule has 0 aliphatic carbocycles. The Bertz CT molecular complexity index is 1110. The van der Waals surface area contributed by atoms with Crippen LogP contribution in [0.2, 0.25) is 0 Å². The van der Waals surface area contributed by atoms with E-state index in [-0.39, 0.29) is 17.1 Å². The Balaban J connectivity index is 0.000000313. The van der Waals surface area contributed by atoms with Crippen molar-refractivity contribution in [1.82, 2.24) is 0 Å². The summed E-state index contributed by atoms with van der Waals surface area (Å²) in [7, 11) is 3.33. The Kier molecular flexibility index (Phi) is 11.4. The third kappa shape index (κ3) is 7.48. The summed E-state index contributed by atoms with van der Waals surface area (Å²) in [6, 6.07) is 20.7. The maximum absolute atomic E-state index is 11.4. The molecule has 6 N–H and O–H groups in total. The zero-order valence-electron chi connectivity index (χ0n) is 19.2. The number of phenols is 1. The van der Waals surface area contributed by atoms with Crippen molar-refractivity contribution < 1.29 is 14.7 Å². The first kappa shape index (κ1) is 26.9. The highest BCUT2D eigenvalue weighted by molar-refractivity contribution is 6.00. The van der Waals surface area contributed by atoms with Gasteiger partial charge >= 0.3 is 0 Å². The quantitative estimate of drug-likeness (QED) is 0.244. The summed E-state index contributed by atoms with van der Waals surface area (Å²) < 4.78 is 0. The minimum atomic E-state index is -0.0378. The largest absolute Gasteiger partial charge is 0.507 e. The molecule has 0 saturated carbocycles. The smallest absolute Gasteiger partial charge is 0.161 e. The van der Waals surface area contributed by atoms with E-state index in [2.05, 4.69) is 29.8 Å². The zero-order chi connectivity index (χ0) is 24.8. The number of benzene rings is 3. The molecule has 33 heavy (non-hydrogen) atoms. The SMILES string of the molecule is C=C/C(=C\N)c1ccc(O)c(C=O)c1.CN.CNc1cc(-c2ccccc2)ccc1C(C)=O. The number of Topliss-reactive ketones (excluding diaryl/α,β-unsaturated/α-hetero) is 1. The van der Waals surface area contributed by atoms with Crippen molar-refractivity contribution in [3.8, 4) is 16.9 Å². The summed E-state index contributed by atoms with van der Waals surface area (Å²) in [4.78, 5) is 22.0. The first-order valence-corrected chi connectivity index (χ1v) is 10.2. The van der Waals surface area contributed by atoms with Crippen molar-refractivity contribution in [2.75, 3.05) is 19.4 Å². The van der Waals surface area contributed by atoms with Crippen molar-refractivity contribution in [1.29, 1.82) is 0 Å². The van der Waals surface area contributed by atoms with Crippen molar-refractivity contribution in [3.05, 3.63) is 102 Å². The Labute approximate surface area is 195 Å². The molecule has 0 heterocycles. The first-order chi connectivity index (χ1) is 15.9. The van der Waals surface area contributed by atoms with Crippen LogP contribution in [0.25, 0.3) is 16.7 Å². The predicted molar refractivity (Wildman–Crippen MR) is 137 cm³/mol. The number of allylic oxidation sites excluding steroid dienone is 2. The fraction of sp³-hybridized carbons (Fsp3) is 0.111. The van der Waals surface area contributed by atoms with Gasteiger partial charge in [0.2, 0.25) is 0 Å². The molecule has 0 saturated heterocycles. The van der Waals surface area contributed by atoms with E-state index >= 15 is 0 Å². The number of aromatic hydroxyl groups is 1. The molecule has 0 atom stereocenters. The van der Waals surface area contributed by atoms with Gasteiger partial charge in [0, 0.05) is 24.5 Å². The fourth-order valence-corrected chi connectivity index (χ4v) is 2.98. The number of nitrogens with two attached hydrogens (primary N) is 2. The Morgan fingerprint density at radius 3 is 2.18 bits per heavy atom. The van der Waals surface area contributed by atoms with Crippen LogP contribution in [-0.2, 0) is 0 Å². The molecule has 0 fully saturated rings. The van der Waals surface area contributed by atoms with Gasteiger partial charge in [-0.3, -0.25) is 9.59 Å². The van der Waals surface area contributed by atoms with E-state index in [0.29, 0.717) is 11.9 Å².